The van der Waals surface area contributed by atoms with E-state index in [1.807, 2.05) is 42.8 Å². The summed E-state index contributed by atoms with van der Waals surface area (Å²) >= 11 is 7.61. The number of hydrogen-bond acceptors (Lipinski definition) is 2. The van der Waals surface area contributed by atoms with Gasteiger partial charge in [0.2, 0.25) is 0 Å². The number of fused-ring (bicyclic) bond motifs is 1. The number of thiophene rings is 1. The summed E-state index contributed by atoms with van der Waals surface area (Å²) in [7, 11) is 0. The highest BCUT2D eigenvalue weighted by Crippen LogP contribution is 2.40. The summed E-state index contributed by atoms with van der Waals surface area (Å²) < 4.78 is 15.4. The van der Waals surface area contributed by atoms with Crippen LogP contribution in [0.1, 0.15) is 41.8 Å². The summed E-state index contributed by atoms with van der Waals surface area (Å²) in [4.78, 5) is 13.9. The van der Waals surface area contributed by atoms with Crippen molar-refractivity contribution in [1.82, 2.24) is 9.88 Å². The number of nitrogens with zero attached hydrogens (tertiary/aromatic N) is 1. The van der Waals surface area contributed by atoms with E-state index in [0.717, 1.165) is 17.8 Å². The molecule has 2 amide bonds. The maximum absolute atomic E-state index is 13.3. The Morgan fingerprint density at radius 3 is 2.75 bits per heavy atom. The number of rotatable bonds is 4. The van der Waals surface area contributed by atoms with Gasteiger partial charge in [0.1, 0.15) is 10.8 Å². The number of aromatic nitrogens is 1. The van der Waals surface area contributed by atoms with Crippen molar-refractivity contribution in [3.63, 3.8) is 0 Å². The molecule has 0 aliphatic heterocycles. The normalized spacial score (nSPS) is 14.4. The van der Waals surface area contributed by atoms with Crippen molar-refractivity contribution in [3.05, 3.63) is 69.6 Å². The minimum absolute atomic E-state index is 0.0207. The van der Waals surface area contributed by atoms with Crippen LogP contribution in [-0.2, 0) is 12.8 Å². The molecule has 1 unspecified atom stereocenters. The van der Waals surface area contributed by atoms with Gasteiger partial charge in [-0.15, -0.1) is 11.3 Å². The molecule has 28 heavy (non-hydrogen) atoms. The summed E-state index contributed by atoms with van der Waals surface area (Å²) in [5, 5.41) is 6.90. The van der Waals surface area contributed by atoms with Gasteiger partial charge in [0.05, 0.1) is 11.1 Å². The first-order valence-corrected chi connectivity index (χ1v) is 10.5. The molecule has 1 aliphatic rings. The molecule has 1 atom stereocenters. The van der Waals surface area contributed by atoms with Gasteiger partial charge in [0.15, 0.2) is 0 Å². The zero-order valence-electron chi connectivity index (χ0n) is 15.5. The Kier molecular flexibility index (Phi) is 5.42. The Morgan fingerprint density at radius 2 is 2.00 bits per heavy atom. The Morgan fingerprint density at radius 1 is 1.25 bits per heavy atom. The van der Waals surface area contributed by atoms with Gasteiger partial charge in [-0.3, -0.25) is 0 Å². The van der Waals surface area contributed by atoms with E-state index in [1.54, 1.807) is 0 Å². The zero-order valence-corrected chi connectivity index (χ0v) is 17.0. The van der Waals surface area contributed by atoms with E-state index in [-0.39, 0.29) is 17.1 Å². The minimum Gasteiger partial charge on any atom is -0.331 e. The molecule has 0 saturated carbocycles. The van der Waals surface area contributed by atoms with E-state index in [1.165, 1.54) is 47.0 Å². The Bertz CT molecular complexity index is 1000. The number of carbonyl (C=O) groups is 1. The van der Waals surface area contributed by atoms with Crippen LogP contribution in [-0.4, -0.2) is 10.6 Å². The first-order valence-electron chi connectivity index (χ1n) is 9.33. The van der Waals surface area contributed by atoms with E-state index in [2.05, 4.69) is 15.2 Å². The highest BCUT2D eigenvalue weighted by molar-refractivity contribution is 7.15. The van der Waals surface area contributed by atoms with Crippen LogP contribution in [0.5, 0.6) is 0 Å². The predicted octanol–water partition coefficient (Wildman–Crippen LogP) is 6.09. The molecule has 3 aromatic rings. The summed E-state index contributed by atoms with van der Waals surface area (Å²) in [5.41, 5.74) is 3.01. The molecule has 7 heteroatoms. The number of benzene rings is 1. The monoisotopic (exact) mass is 417 g/mol. The van der Waals surface area contributed by atoms with Crippen LogP contribution in [0.15, 0.2) is 42.7 Å². The van der Waals surface area contributed by atoms with Gasteiger partial charge in [0.25, 0.3) is 0 Å². The lowest BCUT2D eigenvalue weighted by Crippen LogP contribution is -2.32. The fourth-order valence-corrected chi connectivity index (χ4v) is 5.33. The van der Waals surface area contributed by atoms with Crippen molar-refractivity contribution in [2.75, 3.05) is 5.32 Å². The molecule has 0 fully saturated rings. The van der Waals surface area contributed by atoms with Crippen LogP contribution in [0.4, 0.5) is 14.9 Å². The second-order valence-electron chi connectivity index (χ2n) is 6.97. The van der Waals surface area contributed by atoms with Crippen molar-refractivity contribution in [3.8, 4) is 5.00 Å². The summed E-state index contributed by atoms with van der Waals surface area (Å²) in [6.07, 6.45) is 8.60. The number of nitrogens with one attached hydrogen (secondary N) is 2. The van der Waals surface area contributed by atoms with Crippen LogP contribution in [0.2, 0.25) is 5.02 Å². The van der Waals surface area contributed by atoms with Gasteiger partial charge in [-0.2, -0.15) is 0 Å². The number of amides is 2. The van der Waals surface area contributed by atoms with Crippen molar-refractivity contribution in [2.24, 2.45) is 0 Å². The van der Waals surface area contributed by atoms with Gasteiger partial charge in [-0.25, -0.2) is 9.18 Å². The van der Waals surface area contributed by atoms with Crippen molar-refractivity contribution in [2.45, 2.75) is 38.6 Å². The first-order chi connectivity index (χ1) is 13.5. The van der Waals surface area contributed by atoms with Crippen LogP contribution in [0.3, 0.4) is 0 Å². The van der Waals surface area contributed by atoms with Crippen LogP contribution in [0.25, 0.3) is 5.00 Å². The van der Waals surface area contributed by atoms with Gasteiger partial charge in [-0.05, 0) is 68.5 Å². The van der Waals surface area contributed by atoms with Gasteiger partial charge in [0, 0.05) is 28.5 Å². The molecule has 146 valence electrons. The van der Waals surface area contributed by atoms with Gasteiger partial charge >= 0.3 is 6.03 Å². The summed E-state index contributed by atoms with van der Waals surface area (Å²) in [6, 6.07) is 7.63. The largest absolute Gasteiger partial charge is 0.331 e. The Balaban J connectivity index is 1.57. The fourth-order valence-electron chi connectivity index (χ4n) is 3.69. The minimum atomic E-state index is -0.512. The topological polar surface area (TPSA) is 46.1 Å². The third kappa shape index (κ3) is 3.80. The third-order valence-electron chi connectivity index (χ3n) is 4.99. The van der Waals surface area contributed by atoms with E-state index >= 15 is 0 Å². The van der Waals surface area contributed by atoms with Gasteiger partial charge in [-0.1, -0.05) is 11.6 Å². The van der Waals surface area contributed by atoms with E-state index in [4.69, 9.17) is 11.6 Å². The number of urea groups is 1. The molecule has 1 aliphatic carbocycles. The van der Waals surface area contributed by atoms with Crippen molar-refractivity contribution < 1.29 is 9.18 Å². The zero-order chi connectivity index (χ0) is 19.7. The molecule has 1 aromatic carbocycles. The smallest absolute Gasteiger partial charge is 0.319 e. The number of hydrogen-bond donors (Lipinski definition) is 2. The molecule has 0 saturated heterocycles. The molecular weight excluding hydrogens is 397 g/mol. The molecule has 4 nitrogen and oxygen atoms in total. The average molecular weight is 418 g/mol. The molecule has 0 spiro atoms. The van der Waals surface area contributed by atoms with E-state index in [9.17, 15) is 9.18 Å². The molecule has 2 N–H and O–H groups in total. The van der Waals surface area contributed by atoms with Crippen LogP contribution < -0.4 is 10.6 Å². The first kappa shape index (κ1) is 19.0. The number of carbonyl (C=O) groups excluding carboxylic acids is 1. The maximum Gasteiger partial charge on any atom is 0.319 e. The molecule has 2 heterocycles. The number of halogens is 2. The predicted molar refractivity (Wildman–Crippen MR) is 112 cm³/mol. The molecule has 4 rings (SSSR count). The molecular formula is C21H21ClFN3OS. The van der Waals surface area contributed by atoms with Crippen molar-refractivity contribution in [1.29, 1.82) is 0 Å². The molecule has 0 radical (unpaired) electrons. The van der Waals surface area contributed by atoms with E-state index in [0.29, 0.717) is 5.69 Å². The third-order valence-corrected chi connectivity index (χ3v) is 6.60. The highest BCUT2D eigenvalue weighted by Gasteiger charge is 2.26. The van der Waals surface area contributed by atoms with Crippen molar-refractivity contribution >= 4 is 34.7 Å². The molecule has 2 aromatic heterocycles. The van der Waals surface area contributed by atoms with Gasteiger partial charge < -0.3 is 15.2 Å². The fraction of sp³-hybridized carbons (Fsp3) is 0.286. The summed E-state index contributed by atoms with van der Waals surface area (Å²) in [5.74, 6) is -0.512. The van der Waals surface area contributed by atoms with E-state index < -0.39 is 5.82 Å². The summed E-state index contributed by atoms with van der Waals surface area (Å²) in [6.45, 7) is 2.00. The Hall–Kier alpha value is -2.31. The standard InChI is InChI=1S/C21H21ClFN3OS/c1-13(24-21(27)25-14-8-9-17(23)16(22)12-14)19-15-6-2-3-7-18(15)28-20(19)26-10-4-5-11-26/h4-5,8-13H,2-3,6-7H2,1H3,(H2,24,25,27). The highest BCUT2D eigenvalue weighted by atomic mass is 35.5. The maximum atomic E-state index is 13.3. The average Bonchev–Trinajstić information content (AvgIpc) is 3.31. The van der Waals surface area contributed by atoms with Crippen LogP contribution in [0, 0.1) is 5.82 Å². The second-order valence-corrected chi connectivity index (χ2v) is 8.46. The SMILES string of the molecule is CC(NC(=O)Nc1ccc(F)c(Cl)c1)c1c(-n2cccc2)sc2c1CCCC2. The lowest BCUT2D eigenvalue weighted by atomic mass is 9.93. The van der Waals surface area contributed by atoms with Crippen LogP contribution >= 0.6 is 22.9 Å². The quantitative estimate of drug-likeness (QED) is 0.529. The lowest BCUT2D eigenvalue weighted by Gasteiger charge is -2.20. The second kappa shape index (κ2) is 7.97. The Labute approximate surface area is 172 Å². The number of aryl methyl sites for hydroxylation is 1. The lowest BCUT2D eigenvalue weighted by molar-refractivity contribution is 0.249. The molecule has 0 bridgehead atoms. The number of anilines is 1.